The Labute approximate surface area is 136 Å². The molecule has 7 heteroatoms. The van der Waals surface area contributed by atoms with E-state index < -0.39 is 0 Å². The number of thioether (sulfide) groups is 1. The van der Waals surface area contributed by atoms with Crippen LogP contribution in [0.5, 0.6) is 0 Å². The summed E-state index contributed by atoms with van der Waals surface area (Å²) in [6.45, 7) is 0.914. The quantitative estimate of drug-likeness (QED) is 0.719. The van der Waals surface area contributed by atoms with Crippen LogP contribution in [0, 0.1) is 0 Å². The van der Waals surface area contributed by atoms with Gasteiger partial charge in [0.05, 0.1) is 28.0 Å². The van der Waals surface area contributed by atoms with Gasteiger partial charge in [-0.1, -0.05) is 12.1 Å². The highest BCUT2D eigenvalue weighted by Crippen LogP contribution is 2.30. The maximum atomic E-state index is 4.54. The predicted octanol–water partition coefficient (Wildman–Crippen LogP) is 3.51. The normalized spacial score (nSPS) is 14.5. The molecule has 112 valence electrons. The summed E-state index contributed by atoms with van der Waals surface area (Å²) in [7, 11) is 1.92. The van der Waals surface area contributed by atoms with Crippen LogP contribution in [0.1, 0.15) is 5.69 Å². The van der Waals surface area contributed by atoms with E-state index in [9.17, 15) is 0 Å². The van der Waals surface area contributed by atoms with Gasteiger partial charge >= 0.3 is 0 Å². The van der Waals surface area contributed by atoms with Crippen molar-refractivity contribution in [3.63, 3.8) is 0 Å². The van der Waals surface area contributed by atoms with Crippen molar-refractivity contribution in [1.29, 1.82) is 0 Å². The second-order valence-corrected chi connectivity index (χ2v) is 7.01. The summed E-state index contributed by atoms with van der Waals surface area (Å²) in [5.41, 5.74) is 3.29. The molecule has 0 saturated heterocycles. The minimum Gasteiger partial charge on any atom is -0.351 e. The Morgan fingerprint density at radius 3 is 3.14 bits per heavy atom. The smallest absolute Gasteiger partial charge is 0.114 e. The van der Waals surface area contributed by atoms with Gasteiger partial charge in [0.15, 0.2) is 0 Å². The van der Waals surface area contributed by atoms with E-state index in [1.165, 1.54) is 5.39 Å². The molecule has 1 aromatic carbocycles. The molecule has 4 rings (SSSR count). The lowest BCUT2D eigenvalue weighted by Crippen LogP contribution is -1.92. The summed E-state index contributed by atoms with van der Waals surface area (Å²) < 4.78 is 5.21. The summed E-state index contributed by atoms with van der Waals surface area (Å²) in [5.74, 6) is 1.08. The summed E-state index contributed by atoms with van der Waals surface area (Å²) in [6.07, 6.45) is 3.84. The number of nitrogens with one attached hydrogen (secondary N) is 2. The molecule has 0 bridgehead atoms. The van der Waals surface area contributed by atoms with Crippen LogP contribution in [0.15, 0.2) is 46.5 Å². The minimum absolute atomic E-state index is 0.914. The van der Waals surface area contributed by atoms with E-state index in [1.54, 1.807) is 16.6 Å². The summed E-state index contributed by atoms with van der Waals surface area (Å²) in [5, 5.41) is 6.49. The molecule has 0 amide bonds. The van der Waals surface area contributed by atoms with Gasteiger partial charge in [-0.3, -0.25) is 9.67 Å². The number of benzene rings is 1. The van der Waals surface area contributed by atoms with Crippen molar-refractivity contribution in [1.82, 2.24) is 14.8 Å². The van der Waals surface area contributed by atoms with Crippen molar-refractivity contribution in [2.45, 2.75) is 4.90 Å². The molecule has 1 aliphatic rings. The van der Waals surface area contributed by atoms with E-state index in [4.69, 9.17) is 0 Å². The first kappa shape index (κ1) is 13.8. The molecule has 22 heavy (non-hydrogen) atoms. The third-order valence-corrected chi connectivity index (χ3v) is 5.21. The molecule has 0 fully saturated rings. The molecule has 0 saturated carbocycles. The minimum atomic E-state index is 0.914. The zero-order chi connectivity index (χ0) is 14.9. The molecule has 3 heterocycles. The number of aliphatic imine (C=N–C) groups is 1. The fourth-order valence-corrected chi connectivity index (χ4v) is 3.95. The lowest BCUT2D eigenvalue weighted by atomic mass is 10.2. The topological polar surface area (TPSA) is 58.0 Å². The largest absolute Gasteiger partial charge is 0.351 e. The Balaban J connectivity index is 1.62. The van der Waals surface area contributed by atoms with Gasteiger partial charge < -0.3 is 9.71 Å². The number of hydrogen-bond acceptors (Lipinski definition) is 5. The number of fused-ring (bicyclic) bond motifs is 1. The van der Waals surface area contributed by atoms with Crippen LogP contribution in [0.4, 0.5) is 5.69 Å². The second kappa shape index (κ2) is 5.73. The Bertz CT molecular complexity index is 849. The number of aryl methyl sites for hydroxylation is 1. The van der Waals surface area contributed by atoms with Crippen molar-refractivity contribution >= 4 is 45.3 Å². The van der Waals surface area contributed by atoms with Crippen molar-refractivity contribution in [3.8, 4) is 0 Å². The second-order valence-electron chi connectivity index (χ2n) is 5.04. The molecular formula is C15H15N5S2. The maximum Gasteiger partial charge on any atom is 0.114 e. The molecule has 0 atom stereocenters. The Morgan fingerprint density at radius 1 is 1.41 bits per heavy atom. The highest BCUT2D eigenvalue weighted by Gasteiger charge is 2.13. The molecule has 3 aromatic rings. The van der Waals surface area contributed by atoms with Crippen LogP contribution in [-0.4, -0.2) is 32.1 Å². The average molecular weight is 329 g/mol. The highest BCUT2D eigenvalue weighted by molar-refractivity contribution is 8.14. The van der Waals surface area contributed by atoms with Crippen molar-refractivity contribution in [3.05, 3.63) is 42.4 Å². The fourth-order valence-electron chi connectivity index (χ4n) is 2.42. The third-order valence-electron chi connectivity index (χ3n) is 3.43. The first-order chi connectivity index (χ1) is 10.8. The number of aromatic amines is 1. The van der Waals surface area contributed by atoms with E-state index in [0.29, 0.717) is 0 Å². The molecule has 2 N–H and O–H groups in total. The number of anilines is 1. The van der Waals surface area contributed by atoms with E-state index in [-0.39, 0.29) is 0 Å². The molecule has 2 aromatic heterocycles. The summed E-state index contributed by atoms with van der Waals surface area (Å²) >= 11 is 3.37. The van der Waals surface area contributed by atoms with Gasteiger partial charge in [0.1, 0.15) is 5.04 Å². The first-order valence-electron chi connectivity index (χ1n) is 7.00. The van der Waals surface area contributed by atoms with Gasteiger partial charge in [0.25, 0.3) is 0 Å². The molecular weight excluding hydrogens is 314 g/mol. The monoisotopic (exact) mass is 329 g/mol. The number of aromatic nitrogens is 3. The molecule has 0 spiro atoms. The SMILES string of the molecule is Cn1cc(SNc2cccc3cc(C4=NCCS4)[nH]c23)cn1. The third kappa shape index (κ3) is 2.62. The lowest BCUT2D eigenvalue weighted by molar-refractivity contribution is 0.766. The van der Waals surface area contributed by atoms with Crippen molar-refractivity contribution in [2.75, 3.05) is 17.0 Å². The molecule has 5 nitrogen and oxygen atoms in total. The Hall–Kier alpha value is -1.86. The van der Waals surface area contributed by atoms with E-state index >= 15 is 0 Å². The number of nitrogens with zero attached hydrogens (tertiary/aromatic N) is 3. The van der Waals surface area contributed by atoms with Gasteiger partial charge in [-0.05, 0) is 24.1 Å². The maximum absolute atomic E-state index is 4.54. The van der Waals surface area contributed by atoms with Crippen molar-refractivity contribution in [2.24, 2.45) is 12.0 Å². The van der Waals surface area contributed by atoms with Gasteiger partial charge in [-0.15, -0.1) is 11.8 Å². The van der Waals surface area contributed by atoms with E-state index in [1.807, 2.05) is 31.2 Å². The molecule has 0 aliphatic carbocycles. The number of hydrogen-bond donors (Lipinski definition) is 2. The number of rotatable bonds is 4. The van der Waals surface area contributed by atoms with Crippen LogP contribution >= 0.6 is 23.7 Å². The average Bonchev–Trinajstić information content (AvgIpc) is 3.24. The fraction of sp³-hybridized carbons (Fsp3) is 0.200. The van der Waals surface area contributed by atoms with Crippen LogP contribution in [0.2, 0.25) is 0 Å². The van der Waals surface area contributed by atoms with E-state index in [0.717, 1.165) is 39.1 Å². The number of para-hydroxylation sites is 1. The zero-order valence-electron chi connectivity index (χ0n) is 12.0. The Morgan fingerprint density at radius 2 is 2.36 bits per heavy atom. The Kier molecular flexibility index (Phi) is 3.59. The van der Waals surface area contributed by atoms with Gasteiger partial charge in [0, 0.05) is 30.9 Å². The standard InChI is InChI=1S/C15H15N5S2/c1-20-9-11(8-17-20)22-19-12-4-2-3-10-7-13(18-14(10)12)15-16-5-6-21-15/h2-4,7-9,18-19H,5-6H2,1H3. The zero-order valence-corrected chi connectivity index (χ0v) is 13.7. The molecule has 0 unspecified atom stereocenters. The van der Waals surface area contributed by atoms with Gasteiger partial charge in [-0.2, -0.15) is 5.10 Å². The first-order valence-corrected chi connectivity index (χ1v) is 8.81. The van der Waals surface area contributed by atoms with Crippen LogP contribution < -0.4 is 4.72 Å². The lowest BCUT2D eigenvalue weighted by Gasteiger charge is -2.05. The van der Waals surface area contributed by atoms with Crippen LogP contribution in [0.3, 0.4) is 0 Å². The van der Waals surface area contributed by atoms with Crippen LogP contribution in [-0.2, 0) is 7.05 Å². The van der Waals surface area contributed by atoms with Crippen LogP contribution in [0.25, 0.3) is 10.9 Å². The molecule has 0 radical (unpaired) electrons. The predicted molar refractivity (Wildman–Crippen MR) is 94.8 cm³/mol. The highest BCUT2D eigenvalue weighted by atomic mass is 32.2. The van der Waals surface area contributed by atoms with E-state index in [2.05, 4.69) is 44.1 Å². The summed E-state index contributed by atoms with van der Waals surface area (Å²) in [6, 6.07) is 8.44. The summed E-state index contributed by atoms with van der Waals surface area (Å²) in [4.78, 5) is 9.12. The molecule has 1 aliphatic heterocycles. The van der Waals surface area contributed by atoms with Crippen molar-refractivity contribution < 1.29 is 0 Å². The van der Waals surface area contributed by atoms with Gasteiger partial charge in [0.2, 0.25) is 0 Å². The van der Waals surface area contributed by atoms with Gasteiger partial charge in [-0.25, -0.2) is 0 Å². The number of H-pyrrole nitrogens is 1.